The molecule has 1 unspecified atom stereocenters. The molecule has 100 valence electrons. The van der Waals surface area contributed by atoms with Crippen LogP contribution in [0.25, 0.3) is 0 Å². The average Bonchev–Trinajstić information content (AvgIpc) is 2.34. The summed E-state index contributed by atoms with van der Waals surface area (Å²) in [5.41, 5.74) is 0. The van der Waals surface area contributed by atoms with Crippen LogP contribution in [-0.2, 0) is 4.79 Å². The topological polar surface area (TPSA) is 41.1 Å². The van der Waals surface area contributed by atoms with Crippen LogP contribution in [0.3, 0.4) is 0 Å². The van der Waals surface area contributed by atoms with Gasteiger partial charge in [0.25, 0.3) is 0 Å². The van der Waals surface area contributed by atoms with Gasteiger partial charge in [-0.15, -0.1) is 0 Å². The van der Waals surface area contributed by atoms with E-state index < -0.39 is 0 Å². The highest BCUT2D eigenvalue weighted by atomic mass is 16.1. The van der Waals surface area contributed by atoms with Gasteiger partial charge in [0.15, 0.2) is 0 Å². The molecule has 0 saturated heterocycles. The minimum atomic E-state index is 0.0573. The molecule has 16 heavy (non-hydrogen) atoms. The smallest absolute Gasteiger partial charge is 0.146 e. The lowest BCUT2D eigenvalue weighted by Crippen LogP contribution is -2.32. The second kappa shape index (κ2) is 20.1. The Morgan fingerprint density at radius 2 is 1.56 bits per heavy atom. The van der Waals surface area contributed by atoms with Gasteiger partial charge in [-0.05, 0) is 40.4 Å². The van der Waals surface area contributed by atoms with Gasteiger partial charge in [-0.1, -0.05) is 34.1 Å². The van der Waals surface area contributed by atoms with Crippen LogP contribution in [0.4, 0.5) is 0 Å². The molecule has 3 heteroatoms. The van der Waals surface area contributed by atoms with Gasteiger partial charge in [-0.3, -0.25) is 4.79 Å². The van der Waals surface area contributed by atoms with Crippen molar-refractivity contribution >= 4 is 5.78 Å². The quantitative estimate of drug-likeness (QED) is 0.663. The van der Waals surface area contributed by atoms with Gasteiger partial charge in [0.2, 0.25) is 0 Å². The lowest BCUT2D eigenvalue weighted by atomic mass is 10.1. The minimum Gasteiger partial charge on any atom is -0.320 e. The molecule has 0 saturated carbocycles. The van der Waals surface area contributed by atoms with E-state index in [0.29, 0.717) is 0 Å². The van der Waals surface area contributed by atoms with Crippen molar-refractivity contribution in [3.63, 3.8) is 0 Å². The fourth-order valence-electron chi connectivity index (χ4n) is 1.20. The molecule has 0 aliphatic rings. The monoisotopic (exact) mass is 232 g/mol. The minimum absolute atomic E-state index is 0.0573. The molecule has 0 radical (unpaired) electrons. The molecule has 0 heterocycles. The summed E-state index contributed by atoms with van der Waals surface area (Å²) in [5.74, 6) is 0.238. The van der Waals surface area contributed by atoms with Crippen molar-refractivity contribution in [2.24, 2.45) is 0 Å². The first-order chi connectivity index (χ1) is 7.72. The number of ketones is 1. The Morgan fingerprint density at radius 3 is 1.88 bits per heavy atom. The van der Waals surface area contributed by atoms with Crippen molar-refractivity contribution in [3.05, 3.63) is 0 Å². The van der Waals surface area contributed by atoms with E-state index >= 15 is 0 Å². The maximum atomic E-state index is 11.0. The van der Waals surface area contributed by atoms with Crippen LogP contribution >= 0.6 is 0 Å². The number of hydrogen-bond acceptors (Lipinski definition) is 3. The highest BCUT2D eigenvalue weighted by Gasteiger charge is 2.09. The standard InChI is InChI=1S/C9H20N2O.2C2H6/c1-8(12)9(11-3)6-4-5-7-10-2;2*1-2/h9-11H,4-7H2,1-3H3;2*1-2H3. The van der Waals surface area contributed by atoms with Gasteiger partial charge in [-0.2, -0.15) is 0 Å². The normalized spacial score (nSPS) is 10.4. The first kappa shape index (κ1) is 20.9. The Kier molecular flexibility index (Phi) is 26.2. The van der Waals surface area contributed by atoms with E-state index in [4.69, 9.17) is 0 Å². The van der Waals surface area contributed by atoms with Crippen LogP contribution in [-0.4, -0.2) is 32.5 Å². The Bertz CT molecular complexity index is 127. The third kappa shape index (κ3) is 16.0. The largest absolute Gasteiger partial charge is 0.320 e. The summed E-state index contributed by atoms with van der Waals surface area (Å²) in [5, 5.41) is 6.09. The van der Waals surface area contributed by atoms with E-state index in [-0.39, 0.29) is 11.8 Å². The van der Waals surface area contributed by atoms with E-state index in [9.17, 15) is 4.79 Å². The lowest BCUT2D eigenvalue weighted by Gasteiger charge is -2.11. The summed E-state index contributed by atoms with van der Waals surface area (Å²) in [6, 6.07) is 0.0573. The molecule has 0 aromatic carbocycles. The number of Topliss-reactive ketones (excluding diaryl/α,β-unsaturated/α-hetero) is 1. The molecule has 0 rings (SSSR count). The maximum Gasteiger partial charge on any atom is 0.146 e. The number of unbranched alkanes of at least 4 members (excludes halogenated alkanes) is 1. The van der Waals surface area contributed by atoms with Gasteiger partial charge in [0, 0.05) is 0 Å². The van der Waals surface area contributed by atoms with Crippen molar-refractivity contribution < 1.29 is 4.79 Å². The predicted molar refractivity (Wildman–Crippen MR) is 74.0 cm³/mol. The highest BCUT2D eigenvalue weighted by molar-refractivity contribution is 5.81. The summed E-state index contributed by atoms with van der Waals surface area (Å²) >= 11 is 0. The van der Waals surface area contributed by atoms with Gasteiger partial charge in [0.05, 0.1) is 6.04 Å². The van der Waals surface area contributed by atoms with Crippen molar-refractivity contribution in [2.75, 3.05) is 20.6 Å². The molecule has 0 aromatic rings. The Hall–Kier alpha value is -0.410. The zero-order valence-corrected chi connectivity index (χ0v) is 12.3. The van der Waals surface area contributed by atoms with Crippen LogP contribution in [0, 0.1) is 0 Å². The Labute approximate surface area is 102 Å². The van der Waals surface area contributed by atoms with Crippen LogP contribution in [0.15, 0.2) is 0 Å². The van der Waals surface area contributed by atoms with E-state index in [1.54, 1.807) is 6.92 Å². The number of likely N-dealkylation sites (N-methyl/N-ethyl adjacent to an activating group) is 1. The second-order valence-corrected chi connectivity index (χ2v) is 3.05. The summed E-state index contributed by atoms with van der Waals surface area (Å²) < 4.78 is 0. The van der Waals surface area contributed by atoms with Crippen molar-refractivity contribution in [3.8, 4) is 0 Å². The molecule has 0 fully saturated rings. The van der Waals surface area contributed by atoms with Crippen LogP contribution < -0.4 is 10.6 Å². The maximum absolute atomic E-state index is 11.0. The molecule has 1 atom stereocenters. The van der Waals surface area contributed by atoms with Crippen LogP contribution in [0.2, 0.25) is 0 Å². The van der Waals surface area contributed by atoms with Crippen molar-refractivity contribution in [2.45, 2.75) is 59.9 Å². The summed E-state index contributed by atoms with van der Waals surface area (Å²) in [7, 11) is 3.78. The van der Waals surface area contributed by atoms with E-state index in [2.05, 4.69) is 10.6 Å². The second-order valence-electron chi connectivity index (χ2n) is 3.05. The molecule has 0 aromatic heterocycles. The first-order valence-electron chi connectivity index (χ1n) is 6.54. The number of carbonyl (C=O) groups excluding carboxylic acids is 1. The number of rotatable bonds is 7. The Balaban J connectivity index is -0.000000376. The molecule has 0 aliphatic carbocycles. The molecular weight excluding hydrogens is 200 g/mol. The number of hydrogen-bond donors (Lipinski definition) is 2. The van der Waals surface area contributed by atoms with Crippen LogP contribution in [0.5, 0.6) is 0 Å². The third-order valence-corrected chi connectivity index (χ3v) is 2.01. The molecule has 0 spiro atoms. The van der Waals surface area contributed by atoms with Crippen molar-refractivity contribution in [1.29, 1.82) is 0 Å². The SMILES string of the molecule is CC.CC.CNCCCCC(NC)C(C)=O. The molecule has 2 N–H and O–H groups in total. The third-order valence-electron chi connectivity index (χ3n) is 2.01. The molecule has 0 amide bonds. The first-order valence-corrected chi connectivity index (χ1v) is 6.54. The van der Waals surface area contributed by atoms with E-state index in [1.807, 2.05) is 41.8 Å². The average molecular weight is 232 g/mol. The number of carbonyl (C=O) groups is 1. The number of nitrogens with one attached hydrogen (secondary N) is 2. The van der Waals surface area contributed by atoms with E-state index in [1.165, 1.54) is 0 Å². The fraction of sp³-hybridized carbons (Fsp3) is 0.923. The molecule has 3 nitrogen and oxygen atoms in total. The molecular formula is C13H32N2O. The lowest BCUT2D eigenvalue weighted by molar-refractivity contribution is -0.119. The van der Waals surface area contributed by atoms with Gasteiger partial charge >= 0.3 is 0 Å². The van der Waals surface area contributed by atoms with Gasteiger partial charge < -0.3 is 10.6 Å². The van der Waals surface area contributed by atoms with Crippen molar-refractivity contribution in [1.82, 2.24) is 10.6 Å². The summed E-state index contributed by atoms with van der Waals surface area (Å²) in [6.45, 7) is 10.7. The van der Waals surface area contributed by atoms with E-state index in [0.717, 1.165) is 25.8 Å². The highest BCUT2D eigenvalue weighted by Crippen LogP contribution is 2.00. The zero-order chi connectivity index (χ0) is 13.4. The summed E-state index contributed by atoms with van der Waals surface area (Å²) in [6.07, 6.45) is 3.20. The van der Waals surface area contributed by atoms with Gasteiger partial charge in [0.1, 0.15) is 5.78 Å². The van der Waals surface area contributed by atoms with Crippen LogP contribution in [0.1, 0.15) is 53.9 Å². The zero-order valence-electron chi connectivity index (χ0n) is 12.3. The Morgan fingerprint density at radius 1 is 1.06 bits per heavy atom. The fourth-order valence-corrected chi connectivity index (χ4v) is 1.20. The summed E-state index contributed by atoms with van der Waals surface area (Å²) in [4.78, 5) is 11.0. The molecule has 0 bridgehead atoms. The predicted octanol–water partition coefficient (Wildman–Crippen LogP) is 2.61. The van der Waals surface area contributed by atoms with Gasteiger partial charge in [-0.25, -0.2) is 0 Å². The molecule has 0 aliphatic heterocycles.